The third-order valence-corrected chi connectivity index (χ3v) is 4.66. The number of aromatic nitrogens is 1. The predicted octanol–water partition coefficient (Wildman–Crippen LogP) is 4.40. The van der Waals surface area contributed by atoms with Gasteiger partial charge in [0.2, 0.25) is 0 Å². The molecule has 0 radical (unpaired) electrons. The summed E-state index contributed by atoms with van der Waals surface area (Å²) in [6, 6.07) is 7.92. The van der Waals surface area contributed by atoms with Crippen LogP contribution in [0.4, 0.5) is 5.82 Å². The summed E-state index contributed by atoms with van der Waals surface area (Å²) in [5, 5.41) is 10.4. The van der Waals surface area contributed by atoms with E-state index >= 15 is 0 Å². The Morgan fingerprint density at radius 1 is 1.39 bits per heavy atom. The third kappa shape index (κ3) is 2.41. The molecule has 0 spiro atoms. The number of allylic oxidation sites excluding steroid dienone is 4. The number of rotatable bonds is 3. The summed E-state index contributed by atoms with van der Waals surface area (Å²) in [7, 11) is 1.66. The Balaban J connectivity index is 1.74. The number of ether oxygens (including phenoxy) is 1. The van der Waals surface area contributed by atoms with Crippen molar-refractivity contribution in [1.82, 2.24) is 4.57 Å². The molecule has 23 heavy (non-hydrogen) atoms. The van der Waals surface area contributed by atoms with Crippen molar-refractivity contribution in [3.8, 4) is 11.5 Å². The number of aromatic hydroxyl groups is 1. The lowest BCUT2D eigenvalue weighted by Gasteiger charge is -2.08. The SMILES string of the molecule is COc1cccc(Cn2cc(O)c3c2N=C2CC=C(Br)C=C23)c1. The zero-order valence-electron chi connectivity index (χ0n) is 12.6. The highest BCUT2D eigenvalue weighted by molar-refractivity contribution is 9.11. The van der Waals surface area contributed by atoms with Crippen LogP contribution >= 0.6 is 15.9 Å². The van der Waals surface area contributed by atoms with Gasteiger partial charge in [-0.3, -0.25) is 0 Å². The van der Waals surface area contributed by atoms with Gasteiger partial charge in [-0.1, -0.05) is 34.1 Å². The van der Waals surface area contributed by atoms with E-state index in [0.29, 0.717) is 6.54 Å². The van der Waals surface area contributed by atoms with E-state index < -0.39 is 0 Å². The number of fused-ring (bicyclic) bond motifs is 3. The molecule has 0 amide bonds. The second-order valence-electron chi connectivity index (χ2n) is 5.60. The molecule has 2 heterocycles. The van der Waals surface area contributed by atoms with Crippen molar-refractivity contribution in [2.45, 2.75) is 13.0 Å². The first-order valence-electron chi connectivity index (χ1n) is 7.36. The first-order valence-corrected chi connectivity index (χ1v) is 8.15. The van der Waals surface area contributed by atoms with Crippen molar-refractivity contribution >= 4 is 33.0 Å². The van der Waals surface area contributed by atoms with Crippen LogP contribution in [0, 0.1) is 0 Å². The van der Waals surface area contributed by atoms with Crippen molar-refractivity contribution in [2.24, 2.45) is 4.99 Å². The van der Waals surface area contributed by atoms with Gasteiger partial charge in [0.1, 0.15) is 17.3 Å². The van der Waals surface area contributed by atoms with Gasteiger partial charge < -0.3 is 14.4 Å². The van der Waals surface area contributed by atoms with Crippen LogP contribution in [0.15, 0.2) is 52.1 Å². The first kappa shape index (κ1) is 14.3. The molecule has 1 aromatic carbocycles. The Morgan fingerprint density at radius 3 is 3.09 bits per heavy atom. The molecule has 4 rings (SSSR count). The highest BCUT2D eigenvalue weighted by Gasteiger charge is 2.29. The van der Waals surface area contributed by atoms with Crippen LogP contribution in [0.3, 0.4) is 0 Å². The summed E-state index contributed by atoms with van der Waals surface area (Å²) in [6.07, 6.45) is 6.62. The van der Waals surface area contributed by atoms with E-state index in [4.69, 9.17) is 9.73 Å². The van der Waals surface area contributed by atoms with Gasteiger partial charge in [0.05, 0.1) is 18.4 Å². The zero-order valence-corrected chi connectivity index (χ0v) is 14.2. The van der Waals surface area contributed by atoms with Crippen molar-refractivity contribution in [3.05, 3.63) is 58.2 Å². The minimum absolute atomic E-state index is 0.273. The standard InChI is InChI=1S/C18H15BrN2O2/c1-23-13-4-2-3-11(7-13)9-21-10-16(22)17-14-8-12(19)5-6-15(14)20-18(17)21/h2-5,7-8,10,22H,6,9H2,1H3. The van der Waals surface area contributed by atoms with Gasteiger partial charge in [0.25, 0.3) is 0 Å². The van der Waals surface area contributed by atoms with Crippen molar-refractivity contribution < 1.29 is 9.84 Å². The van der Waals surface area contributed by atoms with E-state index in [2.05, 4.69) is 22.0 Å². The lowest BCUT2D eigenvalue weighted by Crippen LogP contribution is -2.00. The van der Waals surface area contributed by atoms with E-state index in [-0.39, 0.29) is 5.75 Å². The summed E-state index contributed by atoms with van der Waals surface area (Å²) in [5.74, 6) is 1.92. The fourth-order valence-corrected chi connectivity index (χ4v) is 3.42. The molecule has 2 aliphatic rings. The minimum Gasteiger partial charge on any atom is -0.506 e. The molecular formula is C18H15BrN2O2. The van der Waals surface area contributed by atoms with Crippen LogP contribution in [0.2, 0.25) is 0 Å². The fourth-order valence-electron chi connectivity index (χ4n) is 3.03. The van der Waals surface area contributed by atoms with Crippen LogP contribution in [0.1, 0.15) is 17.5 Å². The molecule has 0 atom stereocenters. The van der Waals surface area contributed by atoms with Crippen LogP contribution in [-0.2, 0) is 6.54 Å². The monoisotopic (exact) mass is 370 g/mol. The van der Waals surface area contributed by atoms with E-state index in [0.717, 1.165) is 44.9 Å². The average Bonchev–Trinajstić information content (AvgIpc) is 3.06. The molecule has 0 bridgehead atoms. The smallest absolute Gasteiger partial charge is 0.145 e. The largest absolute Gasteiger partial charge is 0.506 e. The number of hydrogen-bond donors (Lipinski definition) is 1. The normalized spacial score (nSPS) is 15.5. The van der Waals surface area contributed by atoms with Gasteiger partial charge in [-0.05, 0) is 23.8 Å². The van der Waals surface area contributed by atoms with E-state index in [9.17, 15) is 5.11 Å². The summed E-state index contributed by atoms with van der Waals surface area (Å²) in [5.41, 5.74) is 3.95. The predicted molar refractivity (Wildman–Crippen MR) is 94.9 cm³/mol. The summed E-state index contributed by atoms with van der Waals surface area (Å²) in [4.78, 5) is 4.72. The van der Waals surface area contributed by atoms with Gasteiger partial charge >= 0.3 is 0 Å². The van der Waals surface area contributed by atoms with Crippen LogP contribution < -0.4 is 4.74 Å². The molecule has 1 aromatic heterocycles. The maximum atomic E-state index is 10.4. The Bertz CT molecular complexity index is 890. The lowest BCUT2D eigenvalue weighted by molar-refractivity contribution is 0.414. The highest BCUT2D eigenvalue weighted by Crippen LogP contribution is 2.45. The number of nitrogens with zero attached hydrogens (tertiary/aromatic N) is 2. The fraction of sp³-hybridized carbons (Fsp3) is 0.167. The van der Waals surface area contributed by atoms with Crippen LogP contribution in [-0.4, -0.2) is 22.5 Å². The molecule has 1 aliphatic heterocycles. The minimum atomic E-state index is 0.273. The highest BCUT2D eigenvalue weighted by atomic mass is 79.9. The summed E-state index contributed by atoms with van der Waals surface area (Å²) in [6.45, 7) is 0.638. The molecule has 0 saturated heterocycles. The average molecular weight is 371 g/mol. The zero-order chi connectivity index (χ0) is 16.0. The van der Waals surface area contributed by atoms with Crippen LogP contribution in [0.25, 0.3) is 5.57 Å². The summed E-state index contributed by atoms with van der Waals surface area (Å²) < 4.78 is 8.28. The first-order chi connectivity index (χ1) is 11.2. The van der Waals surface area contributed by atoms with Crippen molar-refractivity contribution in [1.29, 1.82) is 0 Å². The maximum Gasteiger partial charge on any atom is 0.145 e. The molecule has 1 N–H and O–H groups in total. The van der Waals surface area contributed by atoms with Gasteiger partial charge in [-0.2, -0.15) is 0 Å². The molecule has 116 valence electrons. The molecule has 5 heteroatoms. The Kier molecular flexibility index (Phi) is 3.38. The van der Waals surface area contributed by atoms with Gasteiger partial charge in [0, 0.05) is 29.2 Å². The number of methoxy groups -OCH3 is 1. The Morgan fingerprint density at radius 2 is 2.26 bits per heavy atom. The van der Waals surface area contributed by atoms with Crippen molar-refractivity contribution in [3.63, 3.8) is 0 Å². The van der Waals surface area contributed by atoms with Gasteiger partial charge in [0.15, 0.2) is 0 Å². The second-order valence-corrected chi connectivity index (χ2v) is 6.52. The molecule has 0 unspecified atom stereocenters. The van der Waals surface area contributed by atoms with Crippen LogP contribution in [0.5, 0.6) is 11.5 Å². The van der Waals surface area contributed by atoms with E-state index in [1.54, 1.807) is 13.3 Å². The van der Waals surface area contributed by atoms with Gasteiger partial charge in [-0.15, -0.1) is 0 Å². The number of aliphatic imine (C=N–C) groups is 1. The Hall–Kier alpha value is -2.27. The van der Waals surface area contributed by atoms with E-state index in [1.165, 1.54) is 0 Å². The molecule has 1 aliphatic carbocycles. The summed E-state index contributed by atoms with van der Waals surface area (Å²) >= 11 is 3.51. The Labute approximate surface area is 142 Å². The number of hydrogen-bond acceptors (Lipinski definition) is 3. The molecular weight excluding hydrogens is 356 g/mol. The quantitative estimate of drug-likeness (QED) is 0.869. The molecule has 0 fully saturated rings. The number of benzene rings is 1. The molecule has 4 nitrogen and oxygen atoms in total. The van der Waals surface area contributed by atoms with E-state index in [1.807, 2.05) is 34.9 Å². The third-order valence-electron chi connectivity index (χ3n) is 4.11. The second kappa shape index (κ2) is 5.42. The molecule has 2 aromatic rings. The lowest BCUT2D eigenvalue weighted by atomic mass is 9.99. The maximum absolute atomic E-state index is 10.4. The molecule has 0 saturated carbocycles. The number of halogens is 1. The topological polar surface area (TPSA) is 46.8 Å². The van der Waals surface area contributed by atoms with Gasteiger partial charge in [-0.25, -0.2) is 4.99 Å². The van der Waals surface area contributed by atoms with Crippen molar-refractivity contribution in [2.75, 3.05) is 7.11 Å².